The van der Waals surface area contributed by atoms with E-state index in [-0.39, 0.29) is 17.5 Å². The normalized spacial score (nSPS) is 13.6. The maximum atomic E-state index is 12.7. The molecule has 0 aromatic heterocycles. The average Bonchev–Trinajstić information content (AvgIpc) is 2.39. The third-order valence-corrected chi connectivity index (χ3v) is 4.89. The Morgan fingerprint density at radius 1 is 1.30 bits per heavy atom. The number of benzene rings is 1. The summed E-state index contributed by atoms with van der Waals surface area (Å²) in [5, 5.41) is 0. The second-order valence-electron chi connectivity index (χ2n) is 4.49. The van der Waals surface area contributed by atoms with Gasteiger partial charge >= 0.3 is 0 Å². The van der Waals surface area contributed by atoms with Crippen molar-refractivity contribution in [3.05, 3.63) is 24.3 Å². The number of anilines is 1. The molecule has 1 aromatic carbocycles. The molecule has 0 amide bonds. The lowest BCUT2D eigenvalue weighted by molar-refractivity contribution is 0.119. The van der Waals surface area contributed by atoms with Gasteiger partial charge in [-0.1, -0.05) is 6.07 Å². The predicted octanol–water partition coefficient (Wildman–Crippen LogP) is 0.941. The first-order chi connectivity index (χ1) is 9.43. The molecule has 0 aliphatic rings. The molecule has 0 spiro atoms. The smallest absolute Gasteiger partial charge is 0.243 e. The van der Waals surface area contributed by atoms with Gasteiger partial charge in [-0.05, 0) is 25.1 Å². The number of sulfonamides is 1. The van der Waals surface area contributed by atoms with Gasteiger partial charge in [0.25, 0.3) is 0 Å². The van der Waals surface area contributed by atoms with Crippen molar-refractivity contribution in [1.29, 1.82) is 0 Å². The highest BCUT2D eigenvalue weighted by Crippen LogP contribution is 2.20. The second-order valence-corrected chi connectivity index (χ2v) is 6.38. The van der Waals surface area contributed by atoms with E-state index in [1.807, 2.05) is 0 Å². The van der Waals surface area contributed by atoms with E-state index < -0.39 is 10.0 Å². The van der Waals surface area contributed by atoms with Crippen molar-refractivity contribution < 1.29 is 17.9 Å². The van der Waals surface area contributed by atoms with Gasteiger partial charge in [0.2, 0.25) is 10.0 Å². The van der Waals surface area contributed by atoms with Crippen LogP contribution in [-0.4, -0.2) is 52.7 Å². The zero-order valence-electron chi connectivity index (χ0n) is 12.1. The van der Waals surface area contributed by atoms with E-state index in [0.29, 0.717) is 18.9 Å². The monoisotopic (exact) mass is 302 g/mol. The minimum Gasteiger partial charge on any atom is -0.399 e. The van der Waals surface area contributed by atoms with Gasteiger partial charge in [0.1, 0.15) is 0 Å². The van der Waals surface area contributed by atoms with Crippen molar-refractivity contribution in [2.45, 2.75) is 17.9 Å². The van der Waals surface area contributed by atoms with Gasteiger partial charge in [-0.2, -0.15) is 4.31 Å². The van der Waals surface area contributed by atoms with Crippen LogP contribution in [0.4, 0.5) is 5.69 Å². The van der Waals surface area contributed by atoms with Crippen molar-refractivity contribution in [3.63, 3.8) is 0 Å². The number of nitrogens with zero attached hydrogens (tertiary/aromatic N) is 1. The zero-order valence-corrected chi connectivity index (χ0v) is 12.9. The summed E-state index contributed by atoms with van der Waals surface area (Å²) >= 11 is 0. The summed E-state index contributed by atoms with van der Waals surface area (Å²) in [6.45, 7) is 2.68. The fourth-order valence-corrected chi connectivity index (χ4v) is 3.55. The molecule has 0 heterocycles. The summed E-state index contributed by atoms with van der Waals surface area (Å²) < 4.78 is 36.7. The molecule has 2 N–H and O–H groups in total. The van der Waals surface area contributed by atoms with Gasteiger partial charge in [0, 0.05) is 32.5 Å². The molecule has 20 heavy (non-hydrogen) atoms. The first kappa shape index (κ1) is 16.9. The van der Waals surface area contributed by atoms with Gasteiger partial charge < -0.3 is 15.2 Å². The summed E-state index contributed by atoms with van der Waals surface area (Å²) in [6, 6.07) is 5.97. The number of hydrogen-bond donors (Lipinski definition) is 1. The molecule has 1 rings (SSSR count). The molecular weight excluding hydrogens is 280 g/mol. The Hall–Kier alpha value is -1.15. The molecule has 0 saturated carbocycles. The number of methoxy groups -OCH3 is 2. The van der Waals surface area contributed by atoms with Crippen LogP contribution in [0.25, 0.3) is 0 Å². The average molecular weight is 302 g/mol. The third kappa shape index (κ3) is 4.17. The van der Waals surface area contributed by atoms with E-state index in [1.54, 1.807) is 19.1 Å². The standard InChI is InChI=1S/C13H22N2O4S/c1-11(10-19-3)15(7-8-18-2)20(16,17)13-6-4-5-12(14)9-13/h4-6,9,11H,7-8,10,14H2,1-3H3. The van der Waals surface area contributed by atoms with E-state index in [1.165, 1.54) is 30.7 Å². The number of rotatable bonds is 8. The quantitative estimate of drug-likeness (QED) is 0.723. The van der Waals surface area contributed by atoms with E-state index in [9.17, 15) is 8.42 Å². The van der Waals surface area contributed by atoms with E-state index in [0.717, 1.165) is 0 Å². The topological polar surface area (TPSA) is 81.9 Å². The molecule has 7 heteroatoms. The number of nitrogens with two attached hydrogens (primary N) is 1. The van der Waals surface area contributed by atoms with Crippen LogP contribution in [0.1, 0.15) is 6.92 Å². The zero-order chi connectivity index (χ0) is 15.2. The Balaban J connectivity index is 3.09. The highest BCUT2D eigenvalue weighted by Gasteiger charge is 2.28. The van der Waals surface area contributed by atoms with Crippen LogP contribution >= 0.6 is 0 Å². The largest absolute Gasteiger partial charge is 0.399 e. The number of hydrogen-bond acceptors (Lipinski definition) is 5. The first-order valence-corrected chi connectivity index (χ1v) is 7.72. The van der Waals surface area contributed by atoms with Crippen LogP contribution in [-0.2, 0) is 19.5 Å². The van der Waals surface area contributed by atoms with Crippen molar-refractivity contribution >= 4 is 15.7 Å². The summed E-state index contributed by atoms with van der Waals surface area (Å²) in [7, 11) is -0.550. The maximum absolute atomic E-state index is 12.7. The van der Waals surface area contributed by atoms with Crippen molar-refractivity contribution in [3.8, 4) is 0 Å². The summed E-state index contributed by atoms with van der Waals surface area (Å²) in [6.07, 6.45) is 0. The Bertz CT molecular complexity index is 519. The maximum Gasteiger partial charge on any atom is 0.243 e. The molecular formula is C13H22N2O4S. The molecule has 0 fully saturated rings. The predicted molar refractivity (Wildman–Crippen MR) is 78.0 cm³/mol. The van der Waals surface area contributed by atoms with Crippen LogP contribution in [0.5, 0.6) is 0 Å². The van der Waals surface area contributed by atoms with Gasteiger partial charge in [0.15, 0.2) is 0 Å². The van der Waals surface area contributed by atoms with E-state index >= 15 is 0 Å². The number of ether oxygens (including phenoxy) is 2. The van der Waals surface area contributed by atoms with Crippen molar-refractivity contribution in [2.75, 3.05) is 39.7 Å². The second kappa shape index (κ2) is 7.58. The van der Waals surface area contributed by atoms with Crippen molar-refractivity contribution in [1.82, 2.24) is 4.31 Å². The molecule has 1 aromatic rings. The van der Waals surface area contributed by atoms with E-state index in [4.69, 9.17) is 15.2 Å². The minimum absolute atomic E-state index is 0.177. The van der Waals surface area contributed by atoms with Crippen molar-refractivity contribution in [2.24, 2.45) is 0 Å². The Kier molecular flexibility index (Phi) is 6.41. The Morgan fingerprint density at radius 3 is 2.55 bits per heavy atom. The lowest BCUT2D eigenvalue weighted by Gasteiger charge is -2.27. The Morgan fingerprint density at radius 2 is 2.00 bits per heavy atom. The minimum atomic E-state index is -3.62. The van der Waals surface area contributed by atoms with Crippen LogP contribution in [0.2, 0.25) is 0 Å². The van der Waals surface area contributed by atoms with Gasteiger partial charge in [-0.25, -0.2) is 8.42 Å². The molecule has 0 radical (unpaired) electrons. The van der Waals surface area contributed by atoms with Gasteiger partial charge in [-0.15, -0.1) is 0 Å². The molecule has 1 atom stereocenters. The fraction of sp³-hybridized carbons (Fsp3) is 0.538. The van der Waals surface area contributed by atoms with Crippen LogP contribution < -0.4 is 5.73 Å². The summed E-state index contributed by atoms with van der Waals surface area (Å²) in [5.41, 5.74) is 6.07. The van der Waals surface area contributed by atoms with Crippen LogP contribution in [0.3, 0.4) is 0 Å². The van der Waals surface area contributed by atoms with Gasteiger partial charge in [0.05, 0.1) is 18.1 Å². The summed E-state index contributed by atoms with van der Waals surface area (Å²) in [4.78, 5) is 0.177. The lowest BCUT2D eigenvalue weighted by atomic mass is 10.3. The Labute approximate surface area is 120 Å². The van der Waals surface area contributed by atoms with Crippen LogP contribution in [0, 0.1) is 0 Å². The molecule has 0 aliphatic heterocycles. The number of nitrogen functional groups attached to an aromatic ring is 1. The highest BCUT2D eigenvalue weighted by atomic mass is 32.2. The molecule has 0 saturated heterocycles. The summed E-state index contributed by atoms with van der Waals surface area (Å²) in [5.74, 6) is 0. The molecule has 0 aliphatic carbocycles. The molecule has 114 valence electrons. The molecule has 6 nitrogen and oxygen atoms in total. The molecule has 1 unspecified atom stereocenters. The fourth-order valence-electron chi connectivity index (χ4n) is 1.89. The highest BCUT2D eigenvalue weighted by molar-refractivity contribution is 7.89. The van der Waals surface area contributed by atoms with Gasteiger partial charge in [-0.3, -0.25) is 0 Å². The lowest BCUT2D eigenvalue weighted by Crippen LogP contribution is -2.42. The van der Waals surface area contributed by atoms with Crippen LogP contribution in [0.15, 0.2) is 29.2 Å². The first-order valence-electron chi connectivity index (χ1n) is 6.28. The third-order valence-electron chi connectivity index (χ3n) is 2.88. The van der Waals surface area contributed by atoms with E-state index in [2.05, 4.69) is 0 Å². The SMILES string of the molecule is COCCN(C(C)COC)S(=O)(=O)c1cccc(N)c1. The molecule has 0 bridgehead atoms.